The highest BCUT2D eigenvalue weighted by molar-refractivity contribution is 5.90. The first-order valence-corrected chi connectivity index (χ1v) is 7.42. The monoisotopic (exact) mass is 266 g/mol. The molecule has 0 saturated carbocycles. The van der Waals surface area contributed by atoms with Gasteiger partial charge in [0, 0.05) is 17.9 Å². The lowest BCUT2D eigenvalue weighted by molar-refractivity contribution is -0.115. The number of nitrogens with one attached hydrogen (secondary N) is 1. The molecule has 1 heterocycles. The summed E-state index contributed by atoms with van der Waals surface area (Å²) in [5.74, 6) is 1.89. The van der Waals surface area contributed by atoms with Crippen molar-refractivity contribution in [2.75, 3.05) is 5.32 Å². The van der Waals surface area contributed by atoms with Crippen molar-refractivity contribution in [3.63, 3.8) is 0 Å². The highest BCUT2D eigenvalue weighted by Gasteiger charge is 2.20. The number of amides is 1. The average molecular weight is 266 g/mol. The molecule has 1 atom stereocenters. The molecule has 0 bridgehead atoms. The van der Waals surface area contributed by atoms with Crippen molar-refractivity contribution < 1.29 is 9.32 Å². The molecule has 1 unspecified atom stereocenters. The molecule has 4 nitrogen and oxygen atoms in total. The smallest absolute Gasteiger partial charge is 0.225 e. The lowest BCUT2D eigenvalue weighted by Gasteiger charge is -2.08. The van der Waals surface area contributed by atoms with E-state index in [1.807, 2.05) is 6.92 Å². The molecule has 0 aliphatic rings. The summed E-state index contributed by atoms with van der Waals surface area (Å²) in [6, 6.07) is 0. The van der Waals surface area contributed by atoms with Gasteiger partial charge in [0.15, 0.2) is 5.82 Å². The van der Waals surface area contributed by atoms with Crippen LogP contribution in [0.1, 0.15) is 77.0 Å². The van der Waals surface area contributed by atoms with Crippen molar-refractivity contribution in [1.82, 2.24) is 5.16 Å². The molecule has 0 radical (unpaired) electrons. The minimum atomic E-state index is -0.0132. The molecule has 1 N–H and O–H groups in total. The number of hydrogen-bond acceptors (Lipinski definition) is 3. The first-order valence-electron chi connectivity index (χ1n) is 7.42. The van der Waals surface area contributed by atoms with E-state index in [4.69, 9.17) is 4.52 Å². The minimum Gasteiger partial charge on any atom is -0.359 e. The number of carbonyl (C=O) groups excluding carboxylic acids is 1. The van der Waals surface area contributed by atoms with Crippen LogP contribution in [0.15, 0.2) is 4.52 Å². The Kier molecular flexibility index (Phi) is 6.60. The van der Waals surface area contributed by atoms with Gasteiger partial charge in [0.2, 0.25) is 5.91 Å². The Bertz CT molecular complexity index is 399. The molecule has 1 aromatic heterocycles. The molecule has 0 aliphatic heterocycles. The molecular weight excluding hydrogens is 240 g/mol. The van der Waals surface area contributed by atoms with Crippen LogP contribution in [0.2, 0.25) is 0 Å². The van der Waals surface area contributed by atoms with Crippen LogP contribution in [0, 0.1) is 0 Å². The molecule has 0 saturated heterocycles. The van der Waals surface area contributed by atoms with Gasteiger partial charge in [-0.15, -0.1) is 0 Å². The van der Waals surface area contributed by atoms with Crippen LogP contribution in [-0.4, -0.2) is 11.1 Å². The molecule has 19 heavy (non-hydrogen) atoms. The highest BCUT2D eigenvalue weighted by Crippen LogP contribution is 2.29. The van der Waals surface area contributed by atoms with Crippen molar-refractivity contribution in [2.45, 2.75) is 72.1 Å². The van der Waals surface area contributed by atoms with Crippen molar-refractivity contribution in [1.29, 1.82) is 0 Å². The second-order valence-corrected chi connectivity index (χ2v) is 5.04. The summed E-state index contributed by atoms with van der Waals surface area (Å²) < 4.78 is 5.46. The lowest BCUT2D eigenvalue weighted by atomic mass is 9.98. The number of hydrogen-bond donors (Lipinski definition) is 1. The van der Waals surface area contributed by atoms with Gasteiger partial charge in [0.25, 0.3) is 0 Å². The van der Waals surface area contributed by atoms with E-state index < -0.39 is 0 Å². The van der Waals surface area contributed by atoms with Crippen LogP contribution in [-0.2, 0) is 11.2 Å². The Morgan fingerprint density at radius 2 is 2.05 bits per heavy atom. The van der Waals surface area contributed by atoms with Crippen LogP contribution < -0.4 is 5.32 Å². The Morgan fingerprint density at radius 3 is 2.63 bits per heavy atom. The third-order valence-corrected chi connectivity index (χ3v) is 3.49. The molecule has 0 aliphatic carbocycles. The van der Waals surface area contributed by atoms with Crippen molar-refractivity contribution in [3.8, 4) is 0 Å². The van der Waals surface area contributed by atoms with E-state index in [1.165, 1.54) is 12.8 Å². The fourth-order valence-corrected chi connectivity index (χ4v) is 2.01. The van der Waals surface area contributed by atoms with Gasteiger partial charge in [-0.05, 0) is 19.3 Å². The lowest BCUT2D eigenvalue weighted by Crippen LogP contribution is -2.11. The fraction of sp³-hybridized carbons (Fsp3) is 0.733. The molecule has 0 fully saturated rings. The zero-order valence-electron chi connectivity index (χ0n) is 12.6. The zero-order valence-corrected chi connectivity index (χ0v) is 12.6. The van der Waals surface area contributed by atoms with Gasteiger partial charge in [-0.25, -0.2) is 0 Å². The topological polar surface area (TPSA) is 55.1 Å². The SMILES string of the molecule is CCCCCc1c(NC(=O)CC)noc1C(C)CC. The van der Waals surface area contributed by atoms with Gasteiger partial charge >= 0.3 is 0 Å². The summed E-state index contributed by atoms with van der Waals surface area (Å²) >= 11 is 0. The molecule has 4 heteroatoms. The van der Waals surface area contributed by atoms with Crippen LogP contribution >= 0.6 is 0 Å². The molecule has 0 spiro atoms. The fourth-order valence-electron chi connectivity index (χ4n) is 2.01. The van der Waals surface area contributed by atoms with E-state index in [0.29, 0.717) is 18.2 Å². The summed E-state index contributed by atoms with van der Waals surface area (Å²) in [7, 11) is 0. The van der Waals surface area contributed by atoms with E-state index >= 15 is 0 Å². The summed E-state index contributed by atoms with van der Waals surface area (Å²) in [6.45, 7) is 8.29. The standard InChI is InChI=1S/C15H26N2O2/c1-5-8-9-10-12-14(11(4)6-2)19-17-15(12)16-13(18)7-3/h11H,5-10H2,1-4H3,(H,16,17,18). The predicted octanol–water partition coefficient (Wildman–Crippen LogP) is 4.27. The van der Waals surface area contributed by atoms with Crippen molar-refractivity contribution >= 4 is 11.7 Å². The highest BCUT2D eigenvalue weighted by atomic mass is 16.5. The van der Waals surface area contributed by atoms with E-state index in [0.717, 1.165) is 30.6 Å². The van der Waals surface area contributed by atoms with Gasteiger partial charge in [0.05, 0.1) is 0 Å². The van der Waals surface area contributed by atoms with Gasteiger partial charge < -0.3 is 9.84 Å². The molecule has 108 valence electrons. The summed E-state index contributed by atoms with van der Waals surface area (Å²) in [4.78, 5) is 11.5. The number of unbranched alkanes of at least 4 members (excludes halogenated alkanes) is 2. The second-order valence-electron chi connectivity index (χ2n) is 5.04. The predicted molar refractivity (Wildman–Crippen MR) is 77.4 cm³/mol. The molecule has 1 aromatic rings. The third kappa shape index (κ3) is 4.37. The van der Waals surface area contributed by atoms with E-state index in [2.05, 4.69) is 31.2 Å². The maximum absolute atomic E-state index is 11.5. The maximum atomic E-state index is 11.5. The Labute approximate surface area is 115 Å². The van der Waals surface area contributed by atoms with Gasteiger partial charge in [-0.1, -0.05) is 45.7 Å². The molecular formula is C15H26N2O2. The van der Waals surface area contributed by atoms with E-state index in [-0.39, 0.29) is 5.91 Å². The van der Waals surface area contributed by atoms with Gasteiger partial charge in [-0.3, -0.25) is 4.79 Å². The quantitative estimate of drug-likeness (QED) is 0.715. The molecule has 0 aromatic carbocycles. The van der Waals surface area contributed by atoms with Crippen LogP contribution in [0.3, 0.4) is 0 Å². The number of rotatable bonds is 8. The normalized spacial score (nSPS) is 12.4. The van der Waals surface area contributed by atoms with Crippen LogP contribution in [0.4, 0.5) is 5.82 Å². The molecule has 1 rings (SSSR count). The Hall–Kier alpha value is -1.32. The summed E-state index contributed by atoms with van der Waals surface area (Å²) in [5.41, 5.74) is 1.09. The van der Waals surface area contributed by atoms with E-state index in [1.54, 1.807) is 0 Å². The van der Waals surface area contributed by atoms with Crippen molar-refractivity contribution in [3.05, 3.63) is 11.3 Å². The largest absolute Gasteiger partial charge is 0.359 e. The number of anilines is 1. The van der Waals surface area contributed by atoms with Crippen LogP contribution in [0.25, 0.3) is 0 Å². The Balaban J connectivity index is 2.89. The maximum Gasteiger partial charge on any atom is 0.225 e. The number of carbonyl (C=O) groups is 1. The van der Waals surface area contributed by atoms with Gasteiger partial charge in [0.1, 0.15) is 5.76 Å². The second kappa shape index (κ2) is 7.97. The Morgan fingerprint density at radius 1 is 1.32 bits per heavy atom. The van der Waals surface area contributed by atoms with Gasteiger partial charge in [-0.2, -0.15) is 0 Å². The average Bonchev–Trinajstić information content (AvgIpc) is 2.81. The number of nitrogens with zero attached hydrogens (tertiary/aromatic N) is 1. The summed E-state index contributed by atoms with van der Waals surface area (Å²) in [6.07, 6.45) is 5.87. The van der Waals surface area contributed by atoms with Crippen molar-refractivity contribution in [2.24, 2.45) is 0 Å². The number of aromatic nitrogens is 1. The first-order chi connectivity index (χ1) is 9.13. The third-order valence-electron chi connectivity index (χ3n) is 3.49. The van der Waals surface area contributed by atoms with Crippen LogP contribution in [0.5, 0.6) is 0 Å². The minimum absolute atomic E-state index is 0.0132. The summed E-state index contributed by atoms with van der Waals surface area (Å²) in [5, 5.41) is 6.89. The molecule has 1 amide bonds. The van der Waals surface area contributed by atoms with E-state index in [9.17, 15) is 4.79 Å². The first kappa shape index (κ1) is 15.7. The zero-order chi connectivity index (χ0) is 14.3.